The number of carbonyl (C=O) groups is 2. The van der Waals surface area contributed by atoms with E-state index < -0.39 is 23.2 Å². The number of halogens is 1. The van der Waals surface area contributed by atoms with E-state index >= 15 is 0 Å². The van der Waals surface area contributed by atoms with Crippen molar-refractivity contribution in [3.63, 3.8) is 0 Å². The molecule has 0 aliphatic carbocycles. The lowest BCUT2D eigenvalue weighted by Gasteiger charge is -2.23. The molecule has 3 N–H and O–H groups in total. The van der Waals surface area contributed by atoms with Gasteiger partial charge in [-0.1, -0.05) is 0 Å². The zero-order chi connectivity index (χ0) is 19.1. The third-order valence-electron chi connectivity index (χ3n) is 4.59. The molecule has 2 aromatic rings. The quantitative estimate of drug-likeness (QED) is 0.776. The number of ether oxygens (including phenoxy) is 2. The van der Waals surface area contributed by atoms with E-state index in [0.717, 1.165) is 16.7 Å². The van der Waals surface area contributed by atoms with Gasteiger partial charge in [-0.3, -0.25) is 24.3 Å². The molecule has 0 spiro atoms. The maximum absolute atomic E-state index is 14.5. The van der Waals surface area contributed by atoms with E-state index in [4.69, 9.17) is 15.2 Å². The van der Waals surface area contributed by atoms with Gasteiger partial charge < -0.3 is 15.2 Å². The Morgan fingerprint density at radius 2 is 1.89 bits per heavy atom. The molecule has 1 saturated heterocycles. The Balaban J connectivity index is 1.71. The predicted molar refractivity (Wildman–Crippen MR) is 92.7 cm³/mol. The van der Waals surface area contributed by atoms with Gasteiger partial charge in [0.05, 0.1) is 30.0 Å². The highest BCUT2D eigenvalue weighted by Gasteiger charge is 2.32. The van der Waals surface area contributed by atoms with Gasteiger partial charge in [0.15, 0.2) is 11.6 Å². The molecular weight excluding hydrogens is 357 g/mol. The number of pyridine rings is 1. The monoisotopic (exact) mass is 373 g/mol. The summed E-state index contributed by atoms with van der Waals surface area (Å²) in [6.45, 7) is 1.12. The SMILES string of the molecule is Nc1c2c(cc(=O)n1-c1ccc(OC3CCOCC3)c(F)c1)C(=O)NC2=O. The third kappa shape index (κ3) is 2.95. The molecule has 0 atom stereocenters. The Morgan fingerprint density at radius 1 is 1.15 bits per heavy atom. The smallest absolute Gasteiger partial charge is 0.262 e. The Kier molecular flexibility index (Phi) is 4.15. The molecule has 140 valence electrons. The van der Waals surface area contributed by atoms with Crippen molar-refractivity contribution >= 4 is 17.6 Å². The number of nitrogen functional groups attached to an aromatic ring is 1. The largest absolute Gasteiger partial charge is 0.487 e. The number of nitrogens with two attached hydrogens (primary N) is 1. The molecule has 4 rings (SSSR count). The standard InChI is InChI=1S/C18H16FN3O5/c19-12-7-9(1-2-13(12)27-10-3-5-26-6-4-10)22-14(23)8-11-15(16(22)20)18(25)21-17(11)24/h1-2,7-8,10H,3-6,20H2,(H,21,24,25). The minimum atomic E-state index is -0.693. The average Bonchev–Trinajstić information content (AvgIpc) is 2.92. The Morgan fingerprint density at radius 3 is 2.59 bits per heavy atom. The molecule has 2 amide bonds. The highest BCUT2D eigenvalue weighted by Crippen LogP contribution is 2.27. The maximum atomic E-state index is 14.5. The summed E-state index contributed by atoms with van der Waals surface area (Å²) in [5.74, 6) is -2.20. The molecule has 0 bridgehead atoms. The van der Waals surface area contributed by atoms with Crippen LogP contribution in [0.2, 0.25) is 0 Å². The Labute approximate surface area is 152 Å². The van der Waals surface area contributed by atoms with Crippen molar-refractivity contribution in [2.24, 2.45) is 0 Å². The van der Waals surface area contributed by atoms with E-state index in [0.29, 0.717) is 26.1 Å². The summed E-state index contributed by atoms with van der Waals surface area (Å²) in [7, 11) is 0. The first-order valence-electron chi connectivity index (χ1n) is 8.41. The fourth-order valence-electron chi connectivity index (χ4n) is 3.24. The highest BCUT2D eigenvalue weighted by molar-refractivity contribution is 6.23. The normalized spacial score (nSPS) is 16.9. The zero-order valence-corrected chi connectivity index (χ0v) is 14.2. The van der Waals surface area contributed by atoms with Crippen LogP contribution in [0.25, 0.3) is 5.69 Å². The van der Waals surface area contributed by atoms with Crippen LogP contribution < -0.4 is 21.3 Å². The van der Waals surface area contributed by atoms with Crippen LogP contribution in [0.5, 0.6) is 5.75 Å². The molecule has 1 aromatic carbocycles. The molecule has 0 unspecified atom stereocenters. The summed E-state index contributed by atoms with van der Waals surface area (Å²) in [5.41, 5.74) is 5.24. The van der Waals surface area contributed by atoms with Gasteiger partial charge in [0.25, 0.3) is 17.4 Å². The van der Waals surface area contributed by atoms with Crippen LogP contribution in [0.1, 0.15) is 33.6 Å². The van der Waals surface area contributed by atoms with Crippen molar-refractivity contribution in [3.8, 4) is 11.4 Å². The van der Waals surface area contributed by atoms with E-state index in [1.165, 1.54) is 12.1 Å². The minimum Gasteiger partial charge on any atom is -0.487 e. The molecule has 0 radical (unpaired) electrons. The van der Waals surface area contributed by atoms with Gasteiger partial charge in [0.1, 0.15) is 11.9 Å². The van der Waals surface area contributed by atoms with Crippen LogP contribution in [-0.2, 0) is 4.74 Å². The number of amides is 2. The van der Waals surface area contributed by atoms with Gasteiger partial charge in [0.2, 0.25) is 0 Å². The second kappa shape index (κ2) is 6.51. The van der Waals surface area contributed by atoms with E-state index in [2.05, 4.69) is 5.32 Å². The van der Waals surface area contributed by atoms with Crippen molar-refractivity contribution in [2.45, 2.75) is 18.9 Å². The summed E-state index contributed by atoms with van der Waals surface area (Å²) in [6, 6.07) is 4.99. The number of hydrogen-bond acceptors (Lipinski definition) is 6. The van der Waals surface area contributed by atoms with Crippen molar-refractivity contribution in [1.82, 2.24) is 9.88 Å². The summed E-state index contributed by atoms with van der Waals surface area (Å²) >= 11 is 0. The first kappa shape index (κ1) is 17.2. The molecule has 1 fully saturated rings. The molecule has 0 saturated carbocycles. The molecule has 1 aromatic heterocycles. The van der Waals surface area contributed by atoms with Gasteiger partial charge in [-0.25, -0.2) is 4.39 Å². The van der Waals surface area contributed by atoms with E-state index in [1.54, 1.807) is 0 Å². The fraction of sp³-hybridized carbons (Fsp3) is 0.278. The fourth-order valence-corrected chi connectivity index (χ4v) is 3.24. The van der Waals surface area contributed by atoms with Crippen LogP contribution >= 0.6 is 0 Å². The second-order valence-electron chi connectivity index (χ2n) is 6.32. The van der Waals surface area contributed by atoms with Gasteiger partial charge in [-0.2, -0.15) is 0 Å². The second-order valence-corrected chi connectivity index (χ2v) is 6.32. The molecular formula is C18H16FN3O5. The van der Waals surface area contributed by atoms with Gasteiger partial charge >= 0.3 is 0 Å². The van der Waals surface area contributed by atoms with Crippen LogP contribution in [0.15, 0.2) is 29.1 Å². The van der Waals surface area contributed by atoms with Crippen LogP contribution in [0.3, 0.4) is 0 Å². The number of nitrogens with one attached hydrogen (secondary N) is 1. The van der Waals surface area contributed by atoms with Crippen molar-refractivity contribution in [1.29, 1.82) is 0 Å². The number of carbonyl (C=O) groups excluding carboxylic acids is 2. The van der Waals surface area contributed by atoms with Crippen molar-refractivity contribution in [3.05, 3.63) is 51.6 Å². The molecule has 9 heteroatoms. The highest BCUT2D eigenvalue weighted by atomic mass is 19.1. The first-order chi connectivity index (χ1) is 13.0. The van der Waals surface area contributed by atoms with Crippen molar-refractivity contribution in [2.75, 3.05) is 18.9 Å². The number of rotatable bonds is 3. The summed E-state index contributed by atoms with van der Waals surface area (Å²) in [5, 5.41) is 2.08. The molecule has 2 aliphatic heterocycles. The van der Waals surface area contributed by atoms with E-state index in [-0.39, 0.29) is 34.5 Å². The third-order valence-corrected chi connectivity index (χ3v) is 4.59. The van der Waals surface area contributed by atoms with E-state index in [9.17, 15) is 18.8 Å². The number of aromatic nitrogens is 1. The van der Waals surface area contributed by atoms with Gasteiger partial charge in [-0.15, -0.1) is 0 Å². The lowest BCUT2D eigenvalue weighted by molar-refractivity contribution is 0.0240. The average molecular weight is 373 g/mol. The van der Waals surface area contributed by atoms with Crippen LogP contribution in [0.4, 0.5) is 10.2 Å². The lowest BCUT2D eigenvalue weighted by atomic mass is 10.1. The molecule has 3 heterocycles. The lowest BCUT2D eigenvalue weighted by Crippen LogP contribution is -2.26. The topological polar surface area (TPSA) is 113 Å². The van der Waals surface area contributed by atoms with Crippen LogP contribution in [-0.4, -0.2) is 35.7 Å². The minimum absolute atomic E-state index is 0.0614. The van der Waals surface area contributed by atoms with Gasteiger partial charge in [-0.05, 0) is 12.1 Å². The number of benzene rings is 1. The van der Waals surface area contributed by atoms with Crippen molar-refractivity contribution < 1.29 is 23.5 Å². The zero-order valence-electron chi connectivity index (χ0n) is 14.2. The summed E-state index contributed by atoms with van der Waals surface area (Å²) in [6.07, 6.45) is 1.20. The number of fused-ring (bicyclic) bond motifs is 1. The molecule has 27 heavy (non-hydrogen) atoms. The van der Waals surface area contributed by atoms with E-state index in [1.807, 2.05) is 0 Å². The Bertz CT molecular complexity index is 1010. The number of nitrogens with zero attached hydrogens (tertiary/aromatic N) is 1. The van der Waals surface area contributed by atoms with Crippen LogP contribution in [0, 0.1) is 5.82 Å². The number of imide groups is 1. The van der Waals surface area contributed by atoms with Gasteiger partial charge in [0, 0.05) is 25.0 Å². The summed E-state index contributed by atoms with van der Waals surface area (Å²) < 4.78 is 26.4. The number of anilines is 1. The predicted octanol–water partition coefficient (Wildman–Crippen LogP) is 1.00. The Hall–Kier alpha value is -3.20. The number of hydrogen-bond donors (Lipinski definition) is 2. The first-order valence-corrected chi connectivity index (χ1v) is 8.41. The molecule has 2 aliphatic rings. The molecule has 8 nitrogen and oxygen atoms in total. The maximum Gasteiger partial charge on any atom is 0.262 e. The summed E-state index contributed by atoms with van der Waals surface area (Å²) in [4.78, 5) is 36.0.